The van der Waals surface area contributed by atoms with Crippen LogP contribution in [0.25, 0.3) is 6.08 Å². The Morgan fingerprint density at radius 3 is 2.63 bits per heavy atom. The summed E-state index contributed by atoms with van der Waals surface area (Å²) in [5.41, 5.74) is 1.39. The smallest absolute Gasteiger partial charge is 0.338 e. The molecule has 1 atom stereocenters. The molecule has 0 radical (unpaired) electrons. The van der Waals surface area contributed by atoms with Gasteiger partial charge in [0.2, 0.25) is 0 Å². The highest BCUT2D eigenvalue weighted by Crippen LogP contribution is 2.36. The third-order valence-corrected chi connectivity index (χ3v) is 6.97. The van der Waals surface area contributed by atoms with Crippen LogP contribution in [-0.2, 0) is 9.53 Å². The Balaban J connectivity index is 2.01. The second-order valence-corrected chi connectivity index (χ2v) is 9.51. The van der Waals surface area contributed by atoms with E-state index in [2.05, 4.69) is 20.9 Å². The summed E-state index contributed by atoms with van der Waals surface area (Å²) < 4.78 is 18.6. The van der Waals surface area contributed by atoms with Gasteiger partial charge in [0.05, 0.1) is 36.6 Å². The molecule has 35 heavy (non-hydrogen) atoms. The lowest BCUT2D eigenvalue weighted by molar-refractivity contribution is -0.139. The zero-order valence-corrected chi connectivity index (χ0v) is 21.9. The van der Waals surface area contributed by atoms with Gasteiger partial charge in [-0.15, -0.1) is 0 Å². The maximum absolute atomic E-state index is 13.7. The zero-order chi connectivity index (χ0) is 25.3. The van der Waals surface area contributed by atoms with Gasteiger partial charge >= 0.3 is 5.97 Å². The van der Waals surface area contributed by atoms with E-state index in [1.807, 2.05) is 18.2 Å². The van der Waals surface area contributed by atoms with Crippen LogP contribution in [0.2, 0.25) is 0 Å². The van der Waals surface area contributed by atoms with Gasteiger partial charge in [0.25, 0.3) is 5.56 Å². The first-order valence-corrected chi connectivity index (χ1v) is 12.3. The number of para-hydroxylation sites is 1. The molecule has 2 heterocycles. The Morgan fingerprint density at radius 2 is 1.94 bits per heavy atom. The lowest BCUT2D eigenvalue weighted by atomic mass is 9.95. The molecule has 182 valence electrons. The molecular weight excluding hydrogens is 536 g/mol. The van der Waals surface area contributed by atoms with Gasteiger partial charge in [-0.05, 0) is 38.1 Å². The second kappa shape index (κ2) is 10.1. The van der Waals surface area contributed by atoms with Crippen molar-refractivity contribution in [2.45, 2.75) is 19.9 Å². The van der Waals surface area contributed by atoms with Crippen LogP contribution in [0.4, 0.5) is 0 Å². The Labute approximate surface area is 213 Å². The number of rotatable bonds is 6. The van der Waals surface area contributed by atoms with Crippen molar-refractivity contribution in [2.24, 2.45) is 4.99 Å². The lowest BCUT2D eigenvalue weighted by Gasteiger charge is -2.25. The minimum absolute atomic E-state index is 0.0915. The molecule has 1 aliphatic heterocycles. The van der Waals surface area contributed by atoms with Crippen molar-refractivity contribution in [2.75, 3.05) is 20.8 Å². The third-order valence-electron chi connectivity index (χ3n) is 5.53. The quantitative estimate of drug-likeness (QED) is 0.466. The van der Waals surface area contributed by atoms with Crippen LogP contribution in [0.15, 0.2) is 61.9 Å². The van der Waals surface area contributed by atoms with E-state index in [0.717, 1.165) is 11.3 Å². The summed E-state index contributed by atoms with van der Waals surface area (Å²) in [4.78, 5) is 31.7. The van der Waals surface area contributed by atoms with E-state index in [0.29, 0.717) is 36.4 Å². The fourth-order valence-corrected chi connectivity index (χ4v) is 5.47. The summed E-state index contributed by atoms with van der Waals surface area (Å²) >= 11 is 4.56. The van der Waals surface area contributed by atoms with E-state index in [-0.39, 0.29) is 29.2 Å². The number of nitrogens with zero attached hydrogens (tertiary/aromatic N) is 2. The molecule has 3 aromatic rings. The standard InChI is InChI=1S/C25H23BrN2O6S/c1-5-34-24(31)20-13(2)27-25-28(21(20)16-8-6-7-9-17(16)32-3)23(30)19(35-25)11-14-10-15(26)12-18(33-4)22(14)29/h6-12,21,29H,5H2,1-4H3/b19-11+/t21-/m0/s1. The van der Waals surface area contributed by atoms with Crippen LogP contribution in [0.5, 0.6) is 17.2 Å². The number of allylic oxidation sites excluding steroid dienone is 1. The predicted molar refractivity (Wildman–Crippen MR) is 136 cm³/mol. The number of benzene rings is 2. The summed E-state index contributed by atoms with van der Waals surface area (Å²) in [5, 5.41) is 10.6. The number of thiazole rings is 1. The van der Waals surface area contributed by atoms with Crippen molar-refractivity contribution in [3.8, 4) is 17.2 Å². The number of carbonyl (C=O) groups is 1. The minimum Gasteiger partial charge on any atom is -0.504 e. The van der Waals surface area contributed by atoms with Crippen LogP contribution in [0, 0.1) is 0 Å². The van der Waals surface area contributed by atoms with Crippen LogP contribution in [0.3, 0.4) is 0 Å². The highest BCUT2D eigenvalue weighted by Gasteiger charge is 2.35. The number of hydrogen-bond acceptors (Lipinski definition) is 8. The first-order valence-electron chi connectivity index (χ1n) is 10.7. The Morgan fingerprint density at radius 1 is 1.23 bits per heavy atom. The number of aromatic nitrogens is 1. The summed E-state index contributed by atoms with van der Waals surface area (Å²) in [6.07, 6.45) is 1.58. The van der Waals surface area contributed by atoms with E-state index in [1.54, 1.807) is 38.1 Å². The molecule has 4 rings (SSSR count). The number of hydrogen-bond donors (Lipinski definition) is 1. The number of esters is 1. The van der Waals surface area contributed by atoms with Crippen molar-refractivity contribution < 1.29 is 24.1 Å². The van der Waals surface area contributed by atoms with Gasteiger partial charge < -0.3 is 19.3 Å². The number of methoxy groups -OCH3 is 2. The zero-order valence-electron chi connectivity index (χ0n) is 19.5. The Hall–Kier alpha value is -3.37. The highest BCUT2D eigenvalue weighted by molar-refractivity contribution is 9.10. The molecule has 0 aliphatic carbocycles. The summed E-state index contributed by atoms with van der Waals surface area (Å²) in [6.45, 7) is 3.62. The molecule has 0 fully saturated rings. The van der Waals surface area contributed by atoms with Crippen molar-refractivity contribution in [1.29, 1.82) is 0 Å². The SMILES string of the molecule is CCOC(=O)C1=C(C)N=c2s/c(=C/c3cc(Br)cc(OC)c3O)c(=O)n2[C@H]1c1ccccc1OC. The van der Waals surface area contributed by atoms with Gasteiger partial charge in [0, 0.05) is 15.6 Å². The van der Waals surface area contributed by atoms with Crippen LogP contribution in [-0.4, -0.2) is 36.5 Å². The predicted octanol–water partition coefficient (Wildman–Crippen LogP) is 3.28. The maximum Gasteiger partial charge on any atom is 0.338 e. The molecule has 2 aromatic carbocycles. The molecular formula is C25H23BrN2O6S. The number of phenols is 1. The average molecular weight is 559 g/mol. The first-order chi connectivity index (χ1) is 16.8. The Kier molecular flexibility index (Phi) is 7.13. The van der Waals surface area contributed by atoms with Crippen molar-refractivity contribution in [3.63, 3.8) is 0 Å². The van der Waals surface area contributed by atoms with Gasteiger partial charge in [-0.2, -0.15) is 0 Å². The highest BCUT2D eigenvalue weighted by atomic mass is 79.9. The molecule has 0 amide bonds. The molecule has 0 spiro atoms. The van der Waals surface area contributed by atoms with Crippen molar-refractivity contribution in [1.82, 2.24) is 4.57 Å². The first kappa shape index (κ1) is 24.7. The number of phenolic OH excluding ortho intramolecular Hbond substituents is 1. The molecule has 0 saturated heterocycles. The number of halogens is 1. The second-order valence-electron chi connectivity index (χ2n) is 7.59. The monoisotopic (exact) mass is 558 g/mol. The van der Waals surface area contributed by atoms with Gasteiger partial charge in [-0.3, -0.25) is 9.36 Å². The summed E-state index contributed by atoms with van der Waals surface area (Å²) in [7, 11) is 2.98. The average Bonchev–Trinajstić information content (AvgIpc) is 3.14. The van der Waals surface area contributed by atoms with Crippen molar-refractivity contribution >= 4 is 39.3 Å². The van der Waals surface area contributed by atoms with E-state index < -0.39 is 12.0 Å². The molecule has 0 unspecified atom stereocenters. The molecule has 10 heteroatoms. The molecule has 8 nitrogen and oxygen atoms in total. The summed E-state index contributed by atoms with van der Waals surface area (Å²) in [6, 6.07) is 9.73. The van der Waals surface area contributed by atoms with Crippen LogP contribution in [0.1, 0.15) is 31.0 Å². The fourth-order valence-electron chi connectivity index (χ4n) is 3.98. The number of fused-ring (bicyclic) bond motifs is 1. The van der Waals surface area contributed by atoms with E-state index >= 15 is 0 Å². The summed E-state index contributed by atoms with van der Waals surface area (Å²) in [5.74, 6) is 0.156. The van der Waals surface area contributed by atoms with Gasteiger partial charge in [-0.1, -0.05) is 45.5 Å². The number of aromatic hydroxyl groups is 1. The van der Waals surface area contributed by atoms with Gasteiger partial charge in [0.1, 0.15) is 11.8 Å². The van der Waals surface area contributed by atoms with Crippen molar-refractivity contribution in [3.05, 3.63) is 83.0 Å². The maximum atomic E-state index is 13.7. The van der Waals surface area contributed by atoms with E-state index in [1.165, 1.54) is 18.8 Å². The molecule has 0 bridgehead atoms. The molecule has 1 aromatic heterocycles. The molecule has 1 aliphatic rings. The van der Waals surface area contributed by atoms with Gasteiger partial charge in [0.15, 0.2) is 16.3 Å². The van der Waals surface area contributed by atoms with Gasteiger partial charge in [-0.25, -0.2) is 9.79 Å². The fraction of sp³-hybridized carbons (Fsp3) is 0.240. The largest absolute Gasteiger partial charge is 0.504 e. The molecule has 1 N–H and O–H groups in total. The van der Waals surface area contributed by atoms with E-state index in [4.69, 9.17) is 14.2 Å². The van der Waals surface area contributed by atoms with E-state index in [9.17, 15) is 14.7 Å². The van der Waals surface area contributed by atoms with Crippen LogP contribution >= 0.6 is 27.3 Å². The molecule has 0 saturated carbocycles. The number of carbonyl (C=O) groups excluding carboxylic acids is 1. The topological polar surface area (TPSA) is 99.4 Å². The minimum atomic E-state index is -0.797. The number of ether oxygens (including phenoxy) is 3. The van der Waals surface area contributed by atoms with Crippen LogP contribution < -0.4 is 24.4 Å². The third kappa shape index (κ3) is 4.51. The normalized spacial score (nSPS) is 15.5. The lowest BCUT2D eigenvalue weighted by Crippen LogP contribution is -2.40. The Bertz CT molecular complexity index is 1520.